The largest absolute Gasteiger partial charge is 0.391 e. The van der Waals surface area contributed by atoms with Gasteiger partial charge in [-0.3, -0.25) is 4.79 Å². The SMILES string of the molecule is N#CSc1ccc(N2CC(O)CC2=O)c(Br)c1. The molecular formula is C11H9BrN2O2S. The van der Waals surface area contributed by atoms with Crippen molar-refractivity contribution in [3.63, 3.8) is 0 Å². The van der Waals surface area contributed by atoms with Crippen LogP contribution in [-0.4, -0.2) is 23.7 Å². The number of anilines is 1. The van der Waals surface area contributed by atoms with E-state index in [2.05, 4.69) is 15.9 Å². The van der Waals surface area contributed by atoms with Crippen molar-refractivity contribution in [2.45, 2.75) is 17.4 Å². The number of carbonyl (C=O) groups is 1. The molecule has 17 heavy (non-hydrogen) atoms. The zero-order valence-electron chi connectivity index (χ0n) is 8.76. The first-order valence-electron chi connectivity index (χ1n) is 4.95. The molecule has 2 rings (SSSR count). The van der Waals surface area contributed by atoms with Gasteiger partial charge >= 0.3 is 0 Å². The number of nitrogens with zero attached hydrogens (tertiary/aromatic N) is 2. The minimum atomic E-state index is -0.595. The van der Waals surface area contributed by atoms with E-state index >= 15 is 0 Å². The summed E-state index contributed by atoms with van der Waals surface area (Å²) in [4.78, 5) is 14.0. The summed E-state index contributed by atoms with van der Waals surface area (Å²) in [6.45, 7) is 0.322. The van der Waals surface area contributed by atoms with E-state index in [1.54, 1.807) is 23.1 Å². The molecule has 1 aromatic carbocycles. The van der Waals surface area contributed by atoms with E-state index in [0.717, 1.165) is 26.8 Å². The molecular weight excluding hydrogens is 304 g/mol. The molecule has 1 unspecified atom stereocenters. The lowest BCUT2D eigenvalue weighted by molar-refractivity contribution is -0.117. The number of thioether (sulfide) groups is 1. The maximum atomic E-state index is 11.6. The predicted octanol–water partition coefficient (Wildman–Crippen LogP) is 2.12. The van der Waals surface area contributed by atoms with Crippen LogP contribution in [-0.2, 0) is 4.79 Å². The highest BCUT2D eigenvalue weighted by molar-refractivity contribution is 9.10. The topological polar surface area (TPSA) is 64.3 Å². The highest BCUT2D eigenvalue weighted by atomic mass is 79.9. The maximum Gasteiger partial charge on any atom is 0.229 e. The number of hydrogen-bond donors (Lipinski definition) is 1. The summed E-state index contributed by atoms with van der Waals surface area (Å²) in [6.07, 6.45) is -0.427. The third-order valence-electron chi connectivity index (χ3n) is 2.48. The molecule has 1 aliphatic rings. The fraction of sp³-hybridized carbons (Fsp3) is 0.273. The van der Waals surface area contributed by atoms with Gasteiger partial charge in [-0.15, -0.1) is 0 Å². The number of thiocyanates is 1. The normalized spacial score (nSPS) is 19.5. The van der Waals surface area contributed by atoms with Crippen molar-refractivity contribution in [2.75, 3.05) is 11.4 Å². The number of amides is 1. The van der Waals surface area contributed by atoms with Gasteiger partial charge in [0.05, 0.1) is 24.8 Å². The molecule has 0 aromatic heterocycles. The van der Waals surface area contributed by atoms with Gasteiger partial charge in [0.1, 0.15) is 5.40 Å². The van der Waals surface area contributed by atoms with Crippen LogP contribution in [0, 0.1) is 10.7 Å². The smallest absolute Gasteiger partial charge is 0.229 e. The van der Waals surface area contributed by atoms with E-state index in [1.807, 2.05) is 5.40 Å². The quantitative estimate of drug-likeness (QED) is 0.671. The van der Waals surface area contributed by atoms with Crippen LogP contribution >= 0.6 is 27.7 Å². The van der Waals surface area contributed by atoms with Crippen LogP contribution in [0.5, 0.6) is 0 Å². The van der Waals surface area contributed by atoms with Gasteiger partial charge in [-0.1, -0.05) is 0 Å². The van der Waals surface area contributed by atoms with Gasteiger partial charge in [-0.05, 0) is 45.9 Å². The zero-order valence-corrected chi connectivity index (χ0v) is 11.2. The Balaban J connectivity index is 2.28. The summed E-state index contributed by atoms with van der Waals surface area (Å²) >= 11 is 4.44. The van der Waals surface area contributed by atoms with E-state index in [-0.39, 0.29) is 12.3 Å². The number of halogens is 1. The Bertz CT molecular complexity index is 501. The van der Waals surface area contributed by atoms with Crippen molar-refractivity contribution in [3.05, 3.63) is 22.7 Å². The van der Waals surface area contributed by atoms with Crippen LogP contribution in [0.25, 0.3) is 0 Å². The van der Waals surface area contributed by atoms with Gasteiger partial charge in [0.15, 0.2) is 0 Å². The Morgan fingerprint density at radius 1 is 1.59 bits per heavy atom. The van der Waals surface area contributed by atoms with Crippen LogP contribution < -0.4 is 4.90 Å². The first-order chi connectivity index (χ1) is 8.11. The molecule has 88 valence electrons. The molecule has 4 nitrogen and oxygen atoms in total. The Hall–Kier alpha value is -1.03. The van der Waals surface area contributed by atoms with E-state index in [4.69, 9.17) is 5.26 Å². The third kappa shape index (κ3) is 2.63. The van der Waals surface area contributed by atoms with Crippen molar-refractivity contribution >= 4 is 39.3 Å². The van der Waals surface area contributed by atoms with E-state index in [9.17, 15) is 9.90 Å². The summed E-state index contributed by atoms with van der Waals surface area (Å²) < 4.78 is 0.750. The van der Waals surface area contributed by atoms with E-state index < -0.39 is 6.10 Å². The summed E-state index contributed by atoms with van der Waals surface area (Å²) in [5.74, 6) is -0.0844. The van der Waals surface area contributed by atoms with Crippen LogP contribution in [0.4, 0.5) is 5.69 Å². The Morgan fingerprint density at radius 3 is 2.88 bits per heavy atom. The number of aliphatic hydroxyl groups is 1. The van der Waals surface area contributed by atoms with Crippen molar-refractivity contribution in [1.29, 1.82) is 5.26 Å². The Labute approximate surface area is 111 Å². The summed E-state index contributed by atoms with van der Waals surface area (Å²) in [5, 5.41) is 20.0. The molecule has 1 heterocycles. The highest BCUT2D eigenvalue weighted by Gasteiger charge is 2.30. The monoisotopic (exact) mass is 312 g/mol. The lowest BCUT2D eigenvalue weighted by Gasteiger charge is -2.17. The minimum absolute atomic E-state index is 0.0844. The molecule has 1 fully saturated rings. The molecule has 0 spiro atoms. The lowest BCUT2D eigenvalue weighted by atomic mass is 10.3. The van der Waals surface area contributed by atoms with Gasteiger partial charge in [0, 0.05) is 9.37 Å². The summed E-state index contributed by atoms with van der Waals surface area (Å²) in [7, 11) is 0. The van der Waals surface area contributed by atoms with Gasteiger partial charge in [0.2, 0.25) is 5.91 Å². The van der Waals surface area contributed by atoms with Crippen molar-refractivity contribution in [1.82, 2.24) is 0 Å². The molecule has 0 saturated carbocycles. The minimum Gasteiger partial charge on any atom is -0.391 e. The molecule has 1 saturated heterocycles. The van der Waals surface area contributed by atoms with Crippen molar-refractivity contribution < 1.29 is 9.90 Å². The summed E-state index contributed by atoms with van der Waals surface area (Å²) in [5.41, 5.74) is 0.730. The number of hydrogen-bond acceptors (Lipinski definition) is 4. The molecule has 6 heteroatoms. The second-order valence-electron chi connectivity index (χ2n) is 3.67. The standard InChI is InChI=1S/C11H9BrN2O2S/c12-9-4-8(17-6-13)1-2-10(9)14-5-7(15)3-11(14)16/h1-2,4,7,15H,3,5H2. The molecule has 0 aliphatic carbocycles. The fourth-order valence-corrected chi connectivity index (χ4v) is 2.91. The van der Waals surface area contributed by atoms with Gasteiger partial charge in [-0.2, -0.15) is 5.26 Å². The van der Waals surface area contributed by atoms with Crippen LogP contribution in [0.15, 0.2) is 27.6 Å². The third-order valence-corrected chi connectivity index (χ3v) is 3.69. The van der Waals surface area contributed by atoms with Crippen molar-refractivity contribution in [3.8, 4) is 5.40 Å². The summed E-state index contributed by atoms with van der Waals surface area (Å²) in [6, 6.07) is 5.35. The molecule has 1 aromatic rings. The maximum absolute atomic E-state index is 11.6. The van der Waals surface area contributed by atoms with E-state index in [1.165, 1.54) is 0 Å². The van der Waals surface area contributed by atoms with Gasteiger partial charge in [0.25, 0.3) is 0 Å². The van der Waals surface area contributed by atoms with Gasteiger partial charge in [-0.25, -0.2) is 0 Å². The second kappa shape index (κ2) is 5.08. The zero-order chi connectivity index (χ0) is 12.4. The Morgan fingerprint density at radius 2 is 2.35 bits per heavy atom. The number of aliphatic hydroxyl groups excluding tert-OH is 1. The first-order valence-corrected chi connectivity index (χ1v) is 6.56. The Kier molecular flexibility index (Phi) is 3.72. The second-order valence-corrected chi connectivity index (χ2v) is 5.38. The lowest BCUT2D eigenvalue weighted by Crippen LogP contribution is -2.25. The average Bonchev–Trinajstić information content (AvgIpc) is 2.58. The molecule has 1 N–H and O–H groups in total. The molecule has 1 atom stereocenters. The number of benzene rings is 1. The van der Waals surface area contributed by atoms with Crippen LogP contribution in [0.3, 0.4) is 0 Å². The number of nitriles is 1. The molecule has 1 aliphatic heterocycles. The number of rotatable bonds is 2. The van der Waals surface area contributed by atoms with Crippen LogP contribution in [0.2, 0.25) is 0 Å². The fourth-order valence-electron chi connectivity index (χ4n) is 1.74. The molecule has 1 amide bonds. The number of β-amino-alcohol motifs (C(OH)–C–C–N with tert-alkyl or cyclic N) is 1. The van der Waals surface area contributed by atoms with Crippen LogP contribution in [0.1, 0.15) is 6.42 Å². The van der Waals surface area contributed by atoms with Gasteiger partial charge < -0.3 is 10.0 Å². The average molecular weight is 313 g/mol. The highest BCUT2D eigenvalue weighted by Crippen LogP contribution is 2.33. The predicted molar refractivity (Wildman–Crippen MR) is 68.6 cm³/mol. The molecule has 0 radical (unpaired) electrons. The molecule has 0 bridgehead atoms. The van der Waals surface area contributed by atoms with E-state index in [0.29, 0.717) is 6.54 Å². The number of carbonyl (C=O) groups excluding carboxylic acids is 1. The first kappa shape index (κ1) is 12.4. The van der Waals surface area contributed by atoms with Crippen molar-refractivity contribution in [2.24, 2.45) is 0 Å².